The number of β-amino-alcohol motifs (C(OH)–C–C–N with tert-alkyl or cyclic N) is 1. The smallest absolute Gasteiger partial charge is 0.325 e. The third-order valence-corrected chi connectivity index (χ3v) is 7.58. The van der Waals surface area contributed by atoms with E-state index in [0.717, 1.165) is 15.4 Å². The van der Waals surface area contributed by atoms with Gasteiger partial charge in [0.05, 0.1) is 21.7 Å². The minimum Gasteiger partial charge on any atom is -0.451 e. The summed E-state index contributed by atoms with van der Waals surface area (Å²) in [7, 11) is -4.06. The molecule has 8 nitrogen and oxygen atoms in total. The van der Waals surface area contributed by atoms with E-state index in [4.69, 9.17) is 16.3 Å². The van der Waals surface area contributed by atoms with E-state index in [1.165, 1.54) is 19.1 Å². The van der Waals surface area contributed by atoms with Crippen molar-refractivity contribution in [1.29, 1.82) is 0 Å². The first-order chi connectivity index (χ1) is 15.0. The molecular weight excluding hydrogens is 456 g/mol. The lowest BCUT2D eigenvalue weighted by atomic mass is 10.1. The molecule has 1 amide bonds. The Labute approximate surface area is 192 Å². The standard InChI is InChI=1S/C22H25ClN2O6S/c1-13-8-9-17(10-14(13)2)32(29,30)25-12-16(26)11-20(25)22(28)31-15(3)21(27)24-19-7-5-4-6-18(19)23/h4-10,15-16,20,26H,11-12H2,1-3H3,(H,24,27). The number of aliphatic hydroxyl groups excluding tert-OH is 1. The fourth-order valence-electron chi connectivity index (χ4n) is 3.38. The van der Waals surface area contributed by atoms with Gasteiger partial charge in [-0.2, -0.15) is 4.31 Å². The number of esters is 1. The Balaban J connectivity index is 1.75. The van der Waals surface area contributed by atoms with Crippen LogP contribution in [0.5, 0.6) is 0 Å². The summed E-state index contributed by atoms with van der Waals surface area (Å²) < 4.78 is 32.5. The molecule has 1 saturated heterocycles. The molecule has 3 rings (SSSR count). The predicted octanol–water partition coefficient (Wildman–Crippen LogP) is 2.65. The Morgan fingerprint density at radius 1 is 1.19 bits per heavy atom. The van der Waals surface area contributed by atoms with Crippen LogP contribution in [0.3, 0.4) is 0 Å². The summed E-state index contributed by atoms with van der Waals surface area (Å²) in [6, 6.07) is 10.0. The molecule has 3 unspecified atom stereocenters. The molecule has 1 aliphatic rings. The van der Waals surface area contributed by atoms with Crippen LogP contribution in [0.2, 0.25) is 5.02 Å². The number of nitrogens with zero attached hydrogens (tertiary/aromatic N) is 1. The Morgan fingerprint density at radius 2 is 1.88 bits per heavy atom. The molecule has 32 heavy (non-hydrogen) atoms. The maximum Gasteiger partial charge on any atom is 0.325 e. The fraction of sp³-hybridized carbons (Fsp3) is 0.364. The van der Waals surface area contributed by atoms with Crippen LogP contribution in [-0.4, -0.2) is 54.5 Å². The molecule has 1 fully saturated rings. The van der Waals surface area contributed by atoms with Crippen LogP contribution in [0.25, 0.3) is 0 Å². The molecule has 0 saturated carbocycles. The first kappa shape index (κ1) is 24.2. The van der Waals surface area contributed by atoms with E-state index in [9.17, 15) is 23.1 Å². The van der Waals surface area contributed by atoms with Gasteiger partial charge in [0.1, 0.15) is 6.04 Å². The van der Waals surface area contributed by atoms with Crippen molar-refractivity contribution in [2.24, 2.45) is 0 Å². The summed E-state index contributed by atoms with van der Waals surface area (Å²) in [6.07, 6.45) is -2.36. The van der Waals surface area contributed by atoms with E-state index < -0.39 is 40.1 Å². The second-order valence-corrected chi connectivity index (χ2v) is 10.1. The van der Waals surface area contributed by atoms with Crippen LogP contribution in [0.4, 0.5) is 5.69 Å². The van der Waals surface area contributed by atoms with Crippen LogP contribution >= 0.6 is 11.6 Å². The summed E-state index contributed by atoms with van der Waals surface area (Å²) >= 11 is 6.02. The second-order valence-electron chi connectivity index (χ2n) is 7.77. The molecule has 10 heteroatoms. The summed E-state index contributed by atoms with van der Waals surface area (Å²) in [5.41, 5.74) is 2.08. The van der Waals surface area contributed by atoms with Crippen molar-refractivity contribution in [3.8, 4) is 0 Å². The molecule has 3 atom stereocenters. The third kappa shape index (κ3) is 5.12. The Hall–Kier alpha value is -2.46. The van der Waals surface area contributed by atoms with Crippen molar-refractivity contribution in [3.63, 3.8) is 0 Å². The number of carbonyl (C=O) groups excluding carboxylic acids is 2. The van der Waals surface area contributed by atoms with Gasteiger partial charge in [-0.15, -0.1) is 0 Å². The van der Waals surface area contributed by atoms with Crippen molar-refractivity contribution in [2.75, 3.05) is 11.9 Å². The minimum atomic E-state index is -4.06. The average Bonchev–Trinajstić information content (AvgIpc) is 3.14. The monoisotopic (exact) mass is 480 g/mol. The van der Waals surface area contributed by atoms with Crippen molar-refractivity contribution < 1.29 is 27.9 Å². The lowest BCUT2D eigenvalue weighted by molar-refractivity contribution is -0.156. The zero-order valence-corrected chi connectivity index (χ0v) is 19.5. The van der Waals surface area contributed by atoms with Gasteiger partial charge < -0.3 is 15.2 Å². The van der Waals surface area contributed by atoms with Gasteiger partial charge in [-0.3, -0.25) is 9.59 Å². The van der Waals surface area contributed by atoms with Crippen LogP contribution in [0, 0.1) is 13.8 Å². The van der Waals surface area contributed by atoms with E-state index in [0.29, 0.717) is 10.7 Å². The summed E-state index contributed by atoms with van der Waals surface area (Å²) in [5.74, 6) is -1.52. The first-order valence-corrected chi connectivity index (χ1v) is 11.9. The molecule has 1 heterocycles. The van der Waals surface area contributed by atoms with Crippen molar-refractivity contribution in [3.05, 3.63) is 58.6 Å². The van der Waals surface area contributed by atoms with E-state index in [-0.39, 0.29) is 17.9 Å². The normalized spacial score (nSPS) is 20.0. The lowest BCUT2D eigenvalue weighted by Crippen LogP contribution is -2.43. The molecule has 0 spiro atoms. The average molecular weight is 481 g/mol. The predicted molar refractivity (Wildman–Crippen MR) is 120 cm³/mol. The number of sulfonamides is 1. The van der Waals surface area contributed by atoms with Crippen molar-refractivity contribution >= 4 is 39.2 Å². The van der Waals surface area contributed by atoms with Gasteiger partial charge in [-0.05, 0) is 56.2 Å². The van der Waals surface area contributed by atoms with Crippen LogP contribution in [-0.2, 0) is 24.3 Å². The number of rotatable bonds is 6. The number of hydrogen-bond donors (Lipinski definition) is 2. The zero-order valence-electron chi connectivity index (χ0n) is 17.9. The largest absolute Gasteiger partial charge is 0.451 e. The topological polar surface area (TPSA) is 113 Å². The van der Waals surface area contributed by atoms with Gasteiger partial charge in [0.15, 0.2) is 6.10 Å². The van der Waals surface area contributed by atoms with E-state index in [1.807, 2.05) is 6.92 Å². The van der Waals surface area contributed by atoms with Gasteiger partial charge in [0.2, 0.25) is 10.0 Å². The third-order valence-electron chi connectivity index (χ3n) is 5.38. The number of anilines is 1. The highest BCUT2D eigenvalue weighted by Gasteiger charge is 2.45. The molecule has 1 aliphatic heterocycles. The SMILES string of the molecule is Cc1ccc(S(=O)(=O)N2CC(O)CC2C(=O)OC(C)C(=O)Nc2ccccc2Cl)cc1C. The highest BCUT2D eigenvalue weighted by Crippen LogP contribution is 2.29. The molecule has 0 aliphatic carbocycles. The fourth-order valence-corrected chi connectivity index (χ4v) is 5.27. The van der Waals surface area contributed by atoms with Crippen LogP contribution < -0.4 is 5.32 Å². The molecule has 0 radical (unpaired) electrons. The van der Waals surface area contributed by atoms with Gasteiger partial charge in [-0.1, -0.05) is 29.8 Å². The Morgan fingerprint density at radius 3 is 2.53 bits per heavy atom. The van der Waals surface area contributed by atoms with Crippen molar-refractivity contribution in [2.45, 2.75) is 50.3 Å². The summed E-state index contributed by atoms with van der Waals surface area (Å²) in [4.78, 5) is 25.2. The maximum absolute atomic E-state index is 13.2. The number of carbonyl (C=O) groups is 2. The molecule has 0 bridgehead atoms. The number of benzene rings is 2. The molecular formula is C22H25ClN2O6S. The minimum absolute atomic E-state index is 0.0250. The molecule has 2 aromatic carbocycles. The highest BCUT2D eigenvalue weighted by molar-refractivity contribution is 7.89. The van der Waals surface area contributed by atoms with Gasteiger partial charge in [-0.25, -0.2) is 8.42 Å². The Kier molecular flexibility index (Phi) is 7.24. The number of ether oxygens (including phenoxy) is 1. The molecule has 172 valence electrons. The number of aliphatic hydroxyl groups is 1. The highest BCUT2D eigenvalue weighted by atomic mass is 35.5. The van der Waals surface area contributed by atoms with Gasteiger partial charge in [0.25, 0.3) is 5.91 Å². The summed E-state index contributed by atoms with van der Waals surface area (Å²) in [6.45, 7) is 4.78. The number of para-hydroxylation sites is 1. The number of halogens is 1. The number of nitrogens with one attached hydrogen (secondary N) is 1. The van der Waals surface area contributed by atoms with E-state index in [2.05, 4.69) is 5.32 Å². The second kappa shape index (κ2) is 9.58. The quantitative estimate of drug-likeness (QED) is 0.614. The molecule has 2 aromatic rings. The Bertz CT molecular complexity index is 1140. The van der Waals surface area contributed by atoms with Gasteiger partial charge >= 0.3 is 5.97 Å². The molecule has 0 aromatic heterocycles. The first-order valence-electron chi connectivity index (χ1n) is 10.0. The lowest BCUT2D eigenvalue weighted by Gasteiger charge is -2.24. The maximum atomic E-state index is 13.2. The van der Waals surface area contributed by atoms with E-state index in [1.54, 1.807) is 37.3 Å². The van der Waals surface area contributed by atoms with Crippen LogP contribution in [0.15, 0.2) is 47.4 Å². The number of amides is 1. The van der Waals surface area contributed by atoms with Gasteiger partial charge in [0, 0.05) is 13.0 Å². The summed E-state index contributed by atoms with van der Waals surface area (Å²) in [5, 5.41) is 13.0. The molecule has 2 N–H and O–H groups in total. The zero-order chi connectivity index (χ0) is 23.6. The van der Waals surface area contributed by atoms with Crippen molar-refractivity contribution in [1.82, 2.24) is 4.31 Å². The van der Waals surface area contributed by atoms with E-state index >= 15 is 0 Å². The number of aryl methyl sites for hydroxylation is 2. The number of hydrogen-bond acceptors (Lipinski definition) is 6. The van der Waals surface area contributed by atoms with Crippen LogP contribution in [0.1, 0.15) is 24.5 Å².